The van der Waals surface area contributed by atoms with Crippen LogP contribution >= 0.6 is 11.3 Å². The topological polar surface area (TPSA) is 43.8 Å². The highest BCUT2D eigenvalue weighted by molar-refractivity contribution is 7.10. The molecule has 5 heteroatoms. The number of aliphatic hydroxyl groups is 1. The molecule has 1 N–H and O–H groups in total. The number of carbonyl (C=O) groups is 1. The van der Waals surface area contributed by atoms with Gasteiger partial charge in [-0.2, -0.15) is 0 Å². The number of hydrogen-bond donors (Lipinski definition) is 1. The van der Waals surface area contributed by atoms with Gasteiger partial charge < -0.3 is 10.0 Å². The Morgan fingerprint density at radius 3 is 3.15 bits per heavy atom. The molecule has 1 aromatic heterocycles. The Morgan fingerprint density at radius 1 is 1.50 bits per heavy atom. The summed E-state index contributed by atoms with van der Waals surface area (Å²) in [5, 5.41) is 11.6. The lowest BCUT2D eigenvalue weighted by Gasteiger charge is -2.31. The van der Waals surface area contributed by atoms with Crippen LogP contribution in [-0.4, -0.2) is 53.1 Å². The van der Waals surface area contributed by atoms with Crippen LogP contribution in [0.25, 0.3) is 0 Å². The number of carbonyl (C=O) groups excluding carboxylic acids is 1. The highest BCUT2D eigenvalue weighted by Gasteiger charge is 2.33. The summed E-state index contributed by atoms with van der Waals surface area (Å²) < 4.78 is 0. The van der Waals surface area contributed by atoms with Crippen LogP contribution in [-0.2, 0) is 17.8 Å². The third kappa shape index (κ3) is 2.62. The quantitative estimate of drug-likeness (QED) is 0.915. The number of aliphatic hydroxyl groups excluding tert-OH is 1. The molecule has 0 radical (unpaired) electrons. The fourth-order valence-electron chi connectivity index (χ4n) is 3.31. The maximum absolute atomic E-state index is 12.5. The molecule has 2 aliphatic rings. The van der Waals surface area contributed by atoms with Gasteiger partial charge in [0.15, 0.2) is 0 Å². The van der Waals surface area contributed by atoms with Crippen LogP contribution in [0.4, 0.5) is 0 Å². The van der Waals surface area contributed by atoms with Crippen LogP contribution in [0, 0.1) is 5.92 Å². The summed E-state index contributed by atoms with van der Waals surface area (Å²) in [5.74, 6) is 0.687. The zero-order valence-electron chi connectivity index (χ0n) is 11.9. The van der Waals surface area contributed by atoms with E-state index in [2.05, 4.69) is 23.3 Å². The number of likely N-dealkylation sites (tertiary alicyclic amines) is 1. The van der Waals surface area contributed by atoms with Gasteiger partial charge in [-0.25, -0.2) is 0 Å². The van der Waals surface area contributed by atoms with Crippen molar-refractivity contribution in [2.45, 2.75) is 32.4 Å². The molecule has 0 aliphatic carbocycles. The van der Waals surface area contributed by atoms with Crippen LogP contribution in [0.3, 0.4) is 0 Å². The van der Waals surface area contributed by atoms with E-state index in [1.54, 1.807) is 11.3 Å². The van der Waals surface area contributed by atoms with Crippen molar-refractivity contribution in [2.24, 2.45) is 5.92 Å². The fraction of sp³-hybridized carbons (Fsp3) is 0.667. The van der Waals surface area contributed by atoms with Crippen molar-refractivity contribution in [1.29, 1.82) is 0 Å². The molecule has 0 spiro atoms. The summed E-state index contributed by atoms with van der Waals surface area (Å²) in [6.45, 7) is 5.28. The number of thiophene rings is 1. The Hall–Kier alpha value is -0.910. The predicted octanol–water partition coefficient (Wildman–Crippen LogP) is 1.34. The van der Waals surface area contributed by atoms with Gasteiger partial charge in [-0.1, -0.05) is 6.92 Å². The summed E-state index contributed by atoms with van der Waals surface area (Å²) in [7, 11) is 0. The van der Waals surface area contributed by atoms with Crippen molar-refractivity contribution in [1.82, 2.24) is 9.80 Å². The molecule has 4 nitrogen and oxygen atoms in total. The molecule has 0 bridgehead atoms. The second-order valence-corrected chi connectivity index (χ2v) is 6.92. The molecule has 2 atom stereocenters. The lowest BCUT2D eigenvalue weighted by atomic mass is 10.0. The molecule has 1 saturated heterocycles. The van der Waals surface area contributed by atoms with Crippen LogP contribution in [0.5, 0.6) is 0 Å². The van der Waals surface area contributed by atoms with Crippen LogP contribution in [0.15, 0.2) is 11.4 Å². The van der Waals surface area contributed by atoms with Crippen LogP contribution < -0.4 is 0 Å². The monoisotopic (exact) mass is 294 g/mol. The number of amides is 1. The Morgan fingerprint density at radius 2 is 2.35 bits per heavy atom. The van der Waals surface area contributed by atoms with Crippen molar-refractivity contribution < 1.29 is 9.90 Å². The molecule has 2 aliphatic heterocycles. The third-order valence-electron chi connectivity index (χ3n) is 4.68. The predicted molar refractivity (Wildman–Crippen MR) is 79.7 cm³/mol. The van der Waals surface area contributed by atoms with E-state index in [-0.39, 0.29) is 18.6 Å². The summed E-state index contributed by atoms with van der Waals surface area (Å²) >= 11 is 1.79. The fourth-order valence-corrected chi connectivity index (χ4v) is 4.20. The van der Waals surface area contributed by atoms with Gasteiger partial charge in [-0.15, -0.1) is 11.3 Å². The van der Waals surface area contributed by atoms with Gasteiger partial charge in [-0.3, -0.25) is 9.69 Å². The number of fused-ring (bicyclic) bond motifs is 1. The highest BCUT2D eigenvalue weighted by atomic mass is 32.1. The van der Waals surface area contributed by atoms with Crippen molar-refractivity contribution >= 4 is 17.2 Å². The highest BCUT2D eigenvalue weighted by Crippen LogP contribution is 2.26. The first kappa shape index (κ1) is 14.0. The summed E-state index contributed by atoms with van der Waals surface area (Å²) in [5.41, 5.74) is 1.31. The van der Waals surface area contributed by atoms with Gasteiger partial charge in [0.05, 0.1) is 13.2 Å². The molecule has 20 heavy (non-hydrogen) atoms. The lowest BCUT2D eigenvalue weighted by Crippen LogP contribution is -2.45. The standard InChI is InChI=1S/C15H22N2O2S/c1-11-2-5-16(13(11)10-18)9-15(19)17-6-3-14-12(8-17)4-7-20-14/h4,7,11,13,18H,2-3,5-6,8-10H2,1H3. The number of rotatable bonds is 3. The Labute approximate surface area is 124 Å². The molecule has 3 rings (SSSR count). The van der Waals surface area contributed by atoms with E-state index in [1.807, 2.05) is 4.90 Å². The van der Waals surface area contributed by atoms with Gasteiger partial charge in [-0.05, 0) is 42.3 Å². The van der Waals surface area contributed by atoms with E-state index in [4.69, 9.17) is 0 Å². The normalized spacial score (nSPS) is 26.8. The maximum Gasteiger partial charge on any atom is 0.237 e. The maximum atomic E-state index is 12.5. The third-order valence-corrected chi connectivity index (χ3v) is 5.71. The Balaban J connectivity index is 1.60. The Kier molecular flexibility index (Phi) is 4.10. The minimum Gasteiger partial charge on any atom is -0.395 e. The first-order valence-electron chi connectivity index (χ1n) is 7.37. The molecule has 3 heterocycles. The van der Waals surface area contributed by atoms with Gasteiger partial charge in [0.2, 0.25) is 5.91 Å². The van der Waals surface area contributed by atoms with Gasteiger partial charge in [0.25, 0.3) is 0 Å². The zero-order chi connectivity index (χ0) is 14.1. The molecular weight excluding hydrogens is 272 g/mol. The molecule has 1 amide bonds. The molecule has 1 aromatic rings. The van der Waals surface area contributed by atoms with Crippen molar-refractivity contribution in [3.8, 4) is 0 Å². The second kappa shape index (κ2) is 5.84. The molecule has 2 unspecified atom stereocenters. The summed E-state index contributed by atoms with van der Waals surface area (Å²) in [4.78, 5) is 18.0. The average Bonchev–Trinajstić information content (AvgIpc) is 3.04. The molecule has 0 aromatic carbocycles. The Bertz CT molecular complexity index is 488. The van der Waals surface area contributed by atoms with Crippen molar-refractivity contribution in [3.05, 3.63) is 21.9 Å². The van der Waals surface area contributed by atoms with E-state index < -0.39 is 0 Å². The first-order chi connectivity index (χ1) is 9.69. The van der Waals surface area contributed by atoms with E-state index in [1.165, 1.54) is 10.4 Å². The van der Waals surface area contributed by atoms with Gasteiger partial charge in [0.1, 0.15) is 0 Å². The molecule has 1 fully saturated rings. The summed E-state index contributed by atoms with van der Waals surface area (Å²) in [6.07, 6.45) is 2.06. The van der Waals surface area contributed by atoms with Crippen molar-refractivity contribution in [3.63, 3.8) is 0 Å². The van der Waals surface area contributed by atoms with Gasteiger partial charge >= 0.3 is 0 Å². The minimum atomic E-state index is 0.153. The second-order valence-electron chi connectivity index (χ2n) is 5.92. The largest absolute Gasteiger partial charge is 0.395 e. The molecule has 0 saturated carbocycles. The first-order valence-corrected chi connectivity index (χ1v) is 8.25. The molecule has 110 valence electrons. The van der Waals surface area contributed by atoms with E-state index in [9.17, 15) is 9.90 Å². The number of hydrogen-bond acceptors (Lipinski definition) is 4. The van der Waals surface area contributed by atoms with Crippen LogP contribution in [0.2, 0.25) is 0 Å². The number of nitrogens with zero attached hydrogens (tertiary/aromatic N) is 2. The van der Waals surface area contributed by atoms with E-state index in [0.29, 0.717) is 12.5 Å². The minimum absolute atomic E-state index is 0.153. The van der Waals surface area contributed by atoms with E-state index in [0.717, 1.165) is 32.5 Å². The smallest absolute Gasteiger partial charge is 0.237 e. The zero-order valence-corrected chi connectivity index (χ0v) is 12.7. The SMILES string of the molecule is CC1CCN(CC(=O)N2CCc3sccc3C2)C1CO. The van der Waals surface area contributed by atoms with E-state index >= 15 is 0 Å². The van der Waals surface area contributed by atoms with Crippen LogP contribution in [0.1, 0.15) is 23.8 Å². The molecular formula is C15H22N2O2S. The summed E-state index contributed by atoms with van der Waals surface area (Å²) in [6, 6.07) is 2.29. The van der Waals surface area contributed by atoms with Crippen molar-refractivity contribution in [2.75, 3.05) is 26.2 Å². The lowest BCUT2D eigenvalue weighted by molar-refractivity contribution is -0.133. The van der Waals surface area contributed by atoms with Gasteiger partial charge in [0, 0.05) is 24.0 Å². The average molecular weight is 294 g/mol.